The van der Waals surface area contributed by atoms with Crippen LogP contribution >= 0.6 is 0 Å². The lowest BCUT2D eigenvalue weighted by Gasteiger charge is -2.13. The Bertz CT molecular complexity index is 1490. The Labute approximate surface area is 191 Å². The number of pyridine rings is 1. The van der Waals surface area contributed by atoms with Gasteiger partial charge in [0.25, 0.3) is 5.56 Å². The smallest absolute Gasteiger partial charge is 0.253 e. The first kappa shape index (κ1) is 22.7. The van der Waals surface area contributed by atoms with Crippen molar-refractivity contribution in [2.24, 2.45) is 7.05 Å². The minimum atomic E-state index is -3.55. The number of rotatable bonds is 6. The summed E-state index contributed by atoms with van der Waals surface area (Å²) in [6.45, 7) is 5.60. The van der Waals surface area contributed by atoms with Crippen LogP contribution in [0.3, 0.4) is 0 Å². The molecule has 172 valence electrons. The zero-order valence-corrected chi connectivity index (χ0v) is 19.7. The standard InChI is InChI=1S/C24H25FN4O3S/c1-5-33(31,32)27-21-11-18(19-10-15(2)24(30)28(4)14-19)12-22-23(21)26-16(3)29(22)13-17-6-8-20(25)9-7-17/h6-12,14,27H,5,13H2,1-4H3. The first-order chi connectivity index (χ1) is 15.6. The van der Waals surface area contributed by atoms with Gasteiger partial charge in [-0.15, -0.1) is 0 Å². The molecule has 4 aromatic rings. The third kappa shape index (κ3) is 4.54. The van der Waals surface area contributed by atoms with Crippen LogP contribution in [-0.2, 0) is 23.6 Å². The Kier molecular flexibility index (Phi) is 5.84. The molecule has 7 nitrogen and oxygen atoms in total. The fourth-order valence-corrected chi connectivity index (χ4v) is 4.47. The van der Waals surface area contributed by atoms with Crippen molar-refractivity contribution in [3.8, 4) is 11.1 Å². The average molecular weight is 469 g/mol. The number of nitrogens with zero attached hydrogens (tertiary/aromatic N) is 3. The lowest BCUT2D eigenvalue weighted by atomic mass is 10.0. The van der Waals surface area contributed by atoms with Gasteiger partial charge in [-0.2, -0.15) is 0 Å². The molecular formula is C24H25FN4O3S. The highest BCUT2D eigenvalue weighted by molar-refractivity contribution is 7.92. The van der Waals surface area contributed by atoms with Crippen LogP contribution in [0.1, 0.15) is 23.9 Å². The quantitative estimate of drug-likeness (QED) is 0.464. The molecule has 2 aromatic carbocycles. The average Bonchev–Trinajstić information content (AvgIpc) is 3.08. The van der Waals surface area contributed by atoms with E-state index >= 15 is 0 Å². The summed E-state index contributed by atoms with van der Waals surface area (Å²) in [6.07, 6.45) is 1.72. The Morgan fingerprint density at radius 1 is 1.06 bits per heavy atom. The monoisotopic (exact) mass is 468 g/mol. The molecule has 0 saturated carbocycles. The molecule has 0 fully saturated rings. The van der Waals surface area contributed by atoms with Crippen LogP contribution in [0, 0.1) is 19.7 Å². The number of benzene rings is 2. The van der Waals surface area contributed by atoms with Crippen LogP contribution in [0.15, 0.2) is 53.5 Å². The molecule has 0 bridgehead atoms. The molecule has 33 heavy (non-hydrogen) atoms. The Balaban J connectivity index is 1.95. The van der Waals surface area contributed by atoms with E-state index in [1.807, 2.05) is 17.6 Å². The van der Waals surface area contributed by atoms with Crippen molar-refractivity contribution in [2.75, 3.05) is 10.5 Å². The topological polar surface area (TPSA) is 86.0 Å². The van der Waals surface area contributed by atoms with Gasteiger partial charge < -0.3 is 9.13 Å². The molecule has 9 heteroatoms. The van der Waals surface area contributed by atoms with E-state index in [1.165, 1.54) is 16.7 Å². The number of halogens is 1. The molecule has 0 saturated heterocycles. The highest BCUT2D eigenvalue weighted by atomic mass is 32.2. The van der Waals surface area contributed by atoms with Crippen molar-refractivity contribution < 1.29 is 12.8 Å². The predicted octanol–water partition coefficient (Wildman–Crippen LogP) is 3.97. The molecule has 2 heterocycles. The molecule has 0 spiro atoms. The van der Waals surface area contributed by atoms with E-state index in [4.69, 9.17) is 0 Å². The lowest BCUT2D eigenvalue weighted by Crippen LogP contribution is -2.18. The SMILES string of the molecule is CCS(=O)(=O)Nc1cc(-c2cc(C)c(=O)n(C)c2)cc2c1nc(C)n2Cc1ccc(F)cc1. The highest BCUT2D eigenvalue weighted by Crippen LogP contribution is 2.32. The van der Waals surface area contributed by atoms with E-state index in [9.17, 15) is 17.6 Å². The summed E-state index contributed by atoms with van der Waals surface area (Å²) < 4.78 is 44.3. The zero-order chi connectivity index (χ0) is 23.9. The first-order valence-corrected chi connectivity index (χ1v) is 12.2. The molecular weight excluding hydrogens is 443 g/mol. The van der Waals surface area contributed by atoms with E-state index in [-0.39, 0.29) is 17.1 Å². The van der Waals surface area contributed by atoms with Crippen molar-refractivity contribution in [1.82, 2.24) is 14.1 Å². The van der Waals surface area contributed by atoms with E-state index in [0.29, 0.717) is 29.1 Å². The molecule has 0 unspecified atom stereocenters. The molecule has 0 aliphatic carbocycles. The molecule has 0 atom stereocenters. The van der Waals surface area contributed by atoms with Gasteiger partial charge in [0, 0.05) is 25.4 Å². The number of aromatic nitrogens is 3. The predicted molar refractivity (Wildman–Crippen MR) is 128 cm³/mol. The minimum absolute atomic E-state index is 0.0765. The lowest BCUT2D eigenvalue weighted by molar-refractivity contribution is 0.602. The first-order valence-electron chi connectivity index (χ1n) is 10.5. The molecule has 4 rings (SSSR count). The fourth-order valence-electron chi connectivity index (χ4n) is 3.83. The minimum Gasteiger partial charge on any atom is -0.324 e. The summed E-state index contributed by atoms with van der Waals surface area (Å²) >= 11 is 0. The van der Waals surface area contributed by atoms with Crippen molar-refractivity contribution in [3.63, 3.8) is 0 Å². The second-order valence-electron chi connectivity index (χ2n) is 8.10. The Morgan fingerprint density at radius 2 is 1.76 bits per heavy atom. The van der Waals surface area contributed by atoms with E-state index < -0.39 is 10.0 Å². The molecule has 0 amide bonds. The van der Waals surface area contributed by atoms with Gasteiger partial charge in [-0.1, -0.05) is 12.1 Å². The van der Waals surface area contributed by atoms with Crippen LogP contribution in [0.4, 0.5) is 10.1 Å². The van der Waals surface area contributed by atoms with Crippen LogP contribution in [0.25, 0.3) is 22.2 Å². The van der Waals surface area contributed by atoms with Gasteiger partial charge in [-0.3, -0.25) is 9.52 Å². The summed E-state index contributed by atoms with van der Waals surface area (Å²) in [4.78, 5) is 16.8. The Morgan fingerprint density at radius 3 is 2.39 bits per heavy atom. The van der Waals surface area contributed by atoms with Crippen LogP contribution < -0.4 is 10.3 Å². The number of hydrogen-bond acceptors (Lipinski definition) is 4. The van der Waals surface area contributed by atoms with E-state index in [2.05, 4.69) is 9.71 Å². The van der Waals surface area contributed by atoms with Gasteiger partial charge in [-0.25, -0.2) is 17.8 Å². The normalized spacial score (nSPS) is 11.8. The Hall–Kier alpha value is -3.46. The fraction of sp³-hybridized carbons (Fsp3) is 0.250. The van der Waals surface area contributed by atoms with Crippen molar-refractivity contribution in [2.45, 2.75) is 27.3 Å². The second-order valence-corrected chi connectivity index (χ2v) is 10.1. The summed E-state index contributed by atoms with van der Waals surface area (Å²) in [5.74, 6) is 0.307. The number of imidazole rings is 1. The molecule has 0 aliphatic heterocycles. The van der Waals surface area contributed by atoms with Crippen molar-refractivity contribution >= 4 is 26.7 Å². The largest absolute Gasteiger partial charge is 0.324 e. The maximum Gasteiger partial charge on any atom is 0.253 e. The molecule has 0 radical (unpaired) electrons. The summed E-state index contributed by atoms with van der Waals surface area (Å²) in [6, 6.07) is 11.7. The second kappa shape index (κ2) is 8.47. The van der Waals surface area contributed by atoms with Crippen LogP contribution in [0.2, 0.25) is 0 Å². The number of nitrogens with one attached hydrogen (secondary N) is 1. The number of sulfonamides is 1. The van der Waals surface area contributed by atoms with Gasteiger partial charge in [-0.05, 0) is 67.8 Å². The van der Waals surface area contributed by atoms with Crippen molar-refractivity contribution in [1.29, 1.82) is 0 Å². The summed E-state index contributed by atoms with van der Waals surface area (Å²) in [5.41, 5.74) is 4.53. The molecule has 2 aromatic heterocycles. The van der Waals surface area contributed by atoms with Gasteiger partial charge in [0.05, 0.1) is 17.0 Å². The number of hydrogen-bond donors (Lipinski definition) is 1. The molecule has 1 N–H and O–H groups in total. The maximum atomic E-state index is 13.4. The number of aryl methyl sites for hydroxylation is 3. The number of fused-ring (bicyclic) bond motifs is 1. The van der Waals surface area contributed by atoms with Crippen LogP contribution in [-0.4, -0.2) is 28.3 Å². The third-order valence-corrected chi connectivity index (χ3v) is 6.93. The highest BCUT2D eigenvalue weighted by Gasteiger charge is 2.18. The number of anilines is 1. The summed E-state index contributed by atoms with van der Waals surface area (Å²) in [5, 5.41) is 0. The maximum absolute atomic E-state index is 13.4. The van der Waals surface area contributed by atoms with Gasteiger partial charge in [0.2, 0.25) is 10.0 Å². The summed E-state index contributed by atoms with van der Waals surface area (Å²) in [7, 11) is -1.87. The van der Waals surface area contributed by atoms with Gasteiger partial charge >= 0.3 is 0 Å². The molecule has 0 aliphatic rings. The van der Waals surface area contributed by atoms with Crippen LogP contribution in [0.5, 0.6) is 0 Å². The zero-order valence-electron chi connectivity index (χ0n) is 18.9. The third-order valence-electron chi connectivity index (χ3n) is 5.64. The van der Waals surface area contributed by atoms with Crippen molar-refractivity contribution in [3.05, 3.63) is 81.8 Å². The van der Waals surface area contributed by atoms with E-state index in [0.717, 1.165) is 22.2 Å². The van der Waals surface area contributed by atoms with Gasteiger partial charge in [0.1, 0.15) is 17.2 Å². The van der Waals surface area contributed by atoms with E-state index in [1.54, 1.807) is 51.4 Å². The van der Waals surface area contributed by atoms with Gasteiger partial charge in [0.15, 0.2) is 0 Å².